The third-order valence-electron chi connectivity index (χ3n) is 3.95. The summed E-state index contributed by atoms with van der Waals surface area (Å²) in [6, 6.07) is 19.7. The maximum atomic E-state index is 11.4. The lowest BCUT2D eigenvalue weighted by molar-refractivity contribution is -0.114. The Labute approximate surface area is 152 Å². The highest BCUT2D eigenvalue weighted by molar-refractivity contribution is 6.01. The van der Waals surface area contributed by atoms with Crippen molar-refractivity contribution in [1.82, 2.24) is 9.78 Å². The van der Waals surface area contributed by atoms with Gasteiger partial charge in [0.05, 0.1) is 12.2 Å². The van der Waals surface area contributed by atoms with Gasteiger partial charge in [0.1, 0.15) is 11.6 Å². The van der Waals surface area contributed by atoms with Crippen molar-refractivity contribution in [2.24, 2.45) is 5.73 Å². The Morgan fingerprint density at radius 1 is 1.23 bits per heavy atom. The molecule has 5 nitrogen and oxygen atoms in total. The molecular weight excluding hydrogens is 324 g/mol. The molecule has 0 bridgehead atoms. The fraction of sp³-hybridized carbons (Fsp3) is 0.0952. The van der Waals surface area contributed by atoms with Crippen molar-refractivity contribution in [2.45, 2.75) is 13.5 Å². The fourth-order valence-corrected chi connectivity index (χ4v) is 2.72. The Morgan fingerprint density at radius 3 is 2.65 bits per heavy atom. The normalized spacial score (nSPS) is 11.2. The first-order chi connectivity index (χ1) is 12.6. The summed E-state index contributed by atoms with van der Waals surface area (Å²) >= 11 is 0. The van der Waals surface area contributed by atoms with Crippen LogP contribution in [0.2, 0.25) is 0 Å². The van der Waals surface area contributed by atoms with E-state index in [-0.39, 0.29) is 5.57 Å². The van der Waals surface area contributed by atoms with Gasteiger partial charge in [0.2, 0.25) is 0 Å². The molecule has 128 valence electrons. The number of aryl methyl sites for hydroxylation is 1. The van der Waals surface area contributed by atoms with Crippen LogP contribution in [0.25, 0.3) is 17.3 Å². The van der Waals surface area contributed by atoms with Crippen LogP contribution in [0.1, 0.15) is 16.7 Å². The van der Waals surface area contributed by atoms with E-state index in [1.54, 1.807) is 4.68 Å². The van der Waals surface area contributed by atoms with Gasteiger partial charge in [-0.1, -0.05) is 54.1 Å². The van der Waals surface area contributed by atoms with Crippen LogP contribution in [0.5, 0.6) is 0 Å². The third-order valence-corrected chi connectivity index (χ3v) is 3.95. The summed E-state index contributed by atoms with van der Waals surface area (Å²) in [4.78, 5) is 11.4. The van der Waals surface area contributed by atoms with Crippen LogP contribution >= 0.6 is 0 Å². The van der Waals surface area contributed by atoms with Crippen LogP contribution in [0, 0.1) is 18.3 Å². The van der Waals surface area contributed by atoms with E-state index in [0.717, 1.165) is 16.7 Å². The predicted octanol–water partition coefficient (Wildman–Crippen LogP) is 3.30. The van der Waals surface area contributed by atoms with Gasteiger partial charge in [-0.05, 0) is 24.6 Å². The SMILES string of the molecule is Cc1cccc(-c2nn(Cc3ccccc3)cc2/C=C(\C#N)C(N)=O)c1. The zero-order chi connectivity index (χ0) is 18.5. The van der Waals surface area contributed by atoms with Crippen molar-refractivity contribution >= 4 is 12.0 Å². The Kier molecular flexibility index (Phi) is 4.95. The van der Waals surface area contributed by atoms with E-state index in [0.29, 0.717) is 17.8 Å². The van der Waals surface area contributed by atoms with Crippen LogP contribution in [0.15, 0.2) is 66.4 Å². The molecule has 0 atom stereocenters. The molecule has 0 unspecified atom stereocenters. The third kappa shape index (κ3) is 3.87. The average Bonchev–Trinajstić information content (AvgIpc) is 3.02. The van der Waals surface area contributed by atoms with E-state index in [1.165, 1.54) is 6.08 Å². The molecule has 0 aliphatic rings. The number of nitriles is 1. The summed E-state index contributed by atoms with van der Waals surface area (Å²) in [6.45, 7) is 2.59. The van der Waals surface area contributed by atoms with E-state index in [2.05, 4.69) is 5.10 Å². The number of primary amides is 1. The molecule has 0 radical (unpaired) electrons. The Morgan fingerprint density at radius 2 is 2.00 bits per heavy atom. The summed E-state index contributed by atoms with van der Waals surface area (Å²) in [6.07, 6.45) is 3.32. The van der Waals surface area contributed by atoms with E-state index in [9.17, 15) is 4.79 Å². The molecular formula is C21H18N4O. The molecule has 2 N–H and O–H groups in total. The molecule has 0 aliphatic heterocycles. The average molecular weight is 342 g/mol. The lowest BCUT2D eigenvalue weighted by Crippen LogP contribution is -2.12. The molecule has 1 heterocycles. The number of hydrogen-bond acceptors (Lipinski definition) is 3. The highest BCUT2D eigenvalue weighted by Crippen LogP contribution is 2.25. The molecule has 26 heavy (non-hydrogen) atoms. The second-order valence-electron chi connectivity index (χ2n) is 6.02. The zero-order valence-corrected chi connectivity index (χ0v) is 14.4. The van der Waals surface area contributed by atoms with Gasteiger partial charge in [0.25, 0.3) is 5.91 Å². The number of amides is 1. The molecule has 1 amide bonds. The predicted molar refractivity (Wildman–Crippen MR) is 101 cm³/mol. The zero-order valence-electron chi connectivity index (χ0n) is 14.4. The Bertz CT molecular complexity index is 1010. The monoisotopic (exact) mass is 342 g/mol. The smallest absolute Gasteiger partial charge is 0.259 e. The topological polar surface area (TPSA) is 84.7 Å². The van der Waals surface area contributed by atoms with Crippen LogP contribution in [-0.4, -0.2) is 15.7 Å². The van der Waals surface area contributed by atoms with E-state index < -0.39 is 5.91 Å². The van der Waals surface area contributed by atoms with Gasteiger partial charge in [0, 0.05) is 17.3 Å². The molecule has 0 aliphatic carbocycles. The summed E-state index contributed by atoms with van der Waals surface area (Å²) in [5.74, 6) is -0.751. The largest absolute Gasteiger partial charge is 0.365 e. The van der Waals surface area contributed by atoms with E-state index in [1.807, 2.05) is 73.8 Å². The summed E-state index contributed by atoms with van der Waals surface area (Å²) < 4.78 is 1.80. The first-order valence-electron chi connectivity index (χ1n) is 8.17. The van der Waals surface area contributed by atoms with Gasteiger partial charge in [-0.25, -0.2) is 0 Å². The lowest BCUT2D eigenvalue weighted by atomic mass is 10.0. The number of aromatic nitrogens is 2. The number of benzene rings is 2. The standard InChI is InChI=1S/C21H18N4O/c1-15-6-5-9-17(10-15)20-19(11-18(12-22)21(23)26)14-25(24-20)13-16-7-3-2-4-8-16/h2-11,14H,13H2,1H3,(H2,23,26)/b18-11+. The van der Waals surface area contributed by atoms with Gasteiger partial charge in [-0.3, -0.25) is 9.48 Å². The fourth-order valence-electron chi connectivity index (χ4n) is 2.72. The van der Waals surface area contributed by atoms with Crippen LogP contribution in [0.4, 0.5) is 0 Å². The van der Waals surface area contributed by atoms with Crippen LogP contribution in [0.3, 0.4) is 0 Å². The number of carbonyl (C=O) groups excluding carboxylic acids is 1. The Hall–Kier alpha value is -3.65. The van der Waals surface area contributed by atoms with Crippen molar-refractivity contribution in [1.29, 1.82) is 5.26 Å². The molecule has 0 saturated heterocycles. The first-order valence-corrected chi connectivity index (χ1v) is 8.17. The molecule has 2 aromatic carbocycles. The van der Waals surface area contributed by atoms with Crippen molar-refractivity contribution in [3.05, 3.63) is 83.1 Å². The minimum Gasteiger partial charge on any atom is -0.365 e. The summed E-state index contributed by atoms with van der Waals surface area (Å²) in [5, 5.41) is 13.8. The van der Waals surface area contributed by atoms with Gasteiger partial charge in [0.15, 0.2) is 0 Å². The van der Waals surface area contributed by atoms with E-state index in [4.69, 9.17) is 11.0 Å². The summed E-state index contributed by atoms with van der Waals surface area (Å²) in [7, 11) is 0. The number of hydrogen-bond donors (Lipinski definition) is 1. The second kappa shape index (κ2) is 7.49. The van der Waals surface area contributed by atoms with Crippen LogP contribution in [-0.2, 0) is 11.3 Å². The van der Waals surface area contributed by atoms with Gasteiger partial charge < -0.3 is 5.73 Å². The molecule has 0 fully saturated rings. The van der Waals surface area contributed by atoms with Crippen molar-refractivity contribution in [3.8, 4) is 17.3 Å². The van der Waals surface area contributed by atoms with Crippen molar-refractivity contribution < 1.29 is 4.79 Å². The quantitative estimate of drug-likeness (QED) is 0.570. The maximum absolute atomic E-state index is 11.4. The molecule has 5 heteroatoms. The maximum Gasteiger partial charge on any atom is 0.259 e. The molecule has 0 spiro atoms. The Balaban J connectivity index is 2.08. The molecule has 3 rings (SSSR count). The first kappa shape index (κ1) is 17.2. The second-order valence-corrected chi connectivity index (χ2v) is 6.02. The van der Waals surface area contributed by atoms with E-state index >= 15 is 0 Å². The molecule has 1 aromatic heterocycles. The highest BCUT2D eigenvalue weighted by Gasteiger charge is 2.13. The lowest BCUT2D eigenvalue weighted by Gasteiger charge is -2.02. The van der Waals surface area contributed by atoms with Crippen molar-refractivity contribution in [3.63, 3.8) is 0 Å². The highest BCUT2D eigenvalue weighted by atomic mass is 16.1. The minimum absolute atomic E-state index is 0.0989. The van der Waals surface area contributed by atoms with Gasteiger partial charge in [-0.15, -0.1) is 0 Å². The number of nitrogens with zero attached hydrogens (tertiary/aromatic N) is 3. The van der Waals surface area contributed by atoms with Crippen LogP contribution < -0.4 is 5.73 Å². The summed E-state index contributed by atoms with van der Waals surface area (Å²) in [5.41, 5.74) is 9.70. The molecule has 0 saturated carbocycles. The number of rotatable bonds is 5. The van der Waals surface area contributed by atoms with Gasteiger partial charge >= 0.3 is 0 Å². The van der Waals surface area contributed by atoms with Crippen molar-refractivity contribution in [2.75, 3.05) is 0 Å². The number of carbonyl (C=O) groups is 1. The van der Waals surface area contributed by atoms with Gasteiger partial charge in [-0.2, -0.15) is 10.4 Å². The number of nitrogens with two attached hydrogens (primary N) is 1. The molecule has 3 aromatic rings. The minimum atomic E-state index is -0.751.